The number of nitrogens with one attached hydrogen (secondary N) is 1. The summed E-state index contributed by atoms with van der Waals surface area (Å²) in [7, 11) is 0. The van der Waals surface area contributed by atoms with Crippen molar-refractivity contribution in [1.82, 2.24) is 5.43 Å². The SMILES string of the molecule is NNC(=O)c1sc2cc3c(cc2c1Cl)OCO3. The number of amides is 1. The van der Waals surface area contributed by atoms with Gasteiger partial charge in [-0.3, -0.25) is 10.2 Å². The highest BCUT2D eigenvalue weighted by molar-refractivity contribution is 7.21. The molecule has 0 bridgehead atoms. The van der Waals surface area contributed by atoms with E-state index in [0.717, 1.165) is 10.1 Å². The van der Waals surface area contributed by atoms with E-state index >= 15 is 0 Å². The van der Waals surface area contributed by atoms with Crippen LogP contribution in [0.25, 0.3) is 10.1 Å². The Morgan fingerprint density at radius 1 is 1.41 bits per heavy atom. The van der Waals surface area contributed by atoms with Crippen molar-refractivity contribution in [2.45, 2.75) is 0 Å². The van der Waals surface area contributed by atoms with Crippen LogP contribution in [-0.4, -0.2) is 12.7 Å². The summed E-state index contributed by atoms with van der Waals surface area (Å²) >= 11 is 7.39. The van der Waals surface area contributed by atoms with Gasteiger partial charge in [-0.25, -0.2) is 5.84 Å². The minimum atomic E-state index is -0.404. The number of nitrogen functional groups attached to an aromatic ring is 1. The predicted molar refractivity (Wildman–Crippen MR) is 64.6 cm³/mol. The van der Waals surface area contributed by atoms with E-state index in [1.165, 1.54) is 11.3 Å². The van der Waals surface area contributed by atoms with E-state index in [1.54, 1.807) is 6.07 Å². The quantitative estimate of drug-likeness (QED) is 0.471. The number of hydrogen-bond donors (Lipinski definition) is 2. The summed E-state index contributed by atoms with van der Waals surface area (Å²) in [5.74, 6) is 5.98. The molecule has 0 aliphatic carbocycles. The average Bonchev–Trinajstić information content (AvgIpc) is 2.91. The highest BCUT2D eigenvalue weighted by atomic mass is 35.5. The lowest BCUT2D eigenvalue weighted by molar-refractivity contribution is 0.0958. The van der Waals surface area contributed by atoms with Gasteiger partial charge in [0.2, 0.25) is 6.79 Å². The molecule has 5 nitrogen and oxygen atoms in total. The smallest absolute Gasteiger partial charge is 0.276 e. The van der Waals surface area contributed by atoms with E-state index < -0.39 is 5.91 Å². The first-order chi connectivity index (χ1) is 8.20. The fraction of sp³-hybridized carbons (Fsp3) is 0.100. The topological polar surface area (TPSA) is 73.6 Å². The van der Waals surface area contributed by atoms with Gasteiger partial charge in [0.1, 0.15) is 4.88 Å². The van der Waals surface area contributed by atoms with Gasteiger partial charge in [-0.15, -0.1) is 11.3 Å². The van der Waals surface area contributed by atoms with Crippen LogP contribution in [-0.2, 0) is 0 Å². The summed E-state index contributed by atoms with van der Waals surface area (Å²) in [6.07, 6.45) is 0. The molecular weight excluding hydrogens is 264 g/mol. The second-order valence-electron chi connectivity index (χ2n) is 3.42. The van der Waals surface area contributed by atoms with E-state index in [4.69, 9.17) is 26.9 Å². The standard InChI is InChI=1S/C10H7ClN2O3S/c11-8-4-1-5-6(16-3-15-5)2-7(4)17-9(8)10(14)13-12/h1-2H,3,12H2,(H,13,14). The number of fused-ring (bicyclic) bond motifs is 2. The van der Waals surface area contributed by atoms with E-state index in [9.17, 15) is 4.79 Å². The molecule has 2 aromatic rings. The number of carbonyl (C=O) groups excluding carboxylic acids is 1. The maximum absolute atomic E-state index is 11.5. The number of ether oxygens (including phenoxy) is 2. The van der Waals surface area contributed by atoms with Crippen LogP contribution < -0.4 is 20.7 Å². The summed E-state index contributed by atoms with van der Waals surface area (Å²) in [5.41, 5.74) is 2.06. The molecule has 0 unspecified atom stereocenters. The van der Waals surface area contributed by atoms with Gasteiger partial charge in [-0.1, -0.05) is 11.6 Å². The van der Waals surface area contributed by atoms with Gasteiger partial charge in [0.15, 0.2) is 11.5 Å². The molecule has 2 heterocycles. The van der Waals surface area contributed by atoms with Crippen LogP contribution in [0.5, 0.6) is 11.5 Å². The van der Waals surface area contributed by atoms with Gasteiger partial charge in [-0.2, -0.15) is 0 Å². The van der Waals surface area contributed by atoms with E-state index in [1.807, 2.05) is 6.07 Å². The zero-order valence-corrected chi connectivity index (χ0v) is 10.0. The third-order valence-corrected chi connectivity index (χ3v) is 4.12. The van der Waals surface area contributed by atoms with Gasteiger partial charge in [-0.05, 0) is 6.07 Å². The zero-order valence-electron chi connectivity index (χ0n) is 8.45. The molecule has 0 fully saturated rings. The number of nitrogens with two attached hydrogens (primary N) is 1. The molecule has 88 valence electrons. The normalized spacial score (nSPS) is 13.1. The van der Waals surface area contributed by atoms with Crippen LogP contribution in [0.1, 0.15) is 9.67 Å². The maximum Gasteiger partial charge on any atom is 0.276 e. The van der Waals surface area contributed by atoms with E-state index in [-0.39, 0.29) is 6.79 Å². The number of hydrogen-bond acceptors (Lipinski definition) is 5. The molecule has 3 N–H and O–H groups in total. The Hall–Kier alpha value is -1.50. The number of halogens is 1. The highest BCUT2D eigenvalue weighted by Crippen LogP contribution is 2.43. The van der Waals surface area contributed by atoms with Crippen molar-refractivity contribution in [3.63, 3.8) is 0 Å². The maximum atomic E-state index is 11.5. The van der Waals surface area contributed by atoms with Crippen molar-refractivity contribution in [3.8, 4) is 11.5 Å². The summed E-state index contributed by atoms with van der Waals surface area (Å²) in [4.78, 5) is 11.9. The molecule has 1 aromatic heterocycles. The van der Waals surface area contributed by atoms with Crippen LogP contribution in [0.2, 0.25) is 5.02 Å². The van der Waals surface area contributed by atoms with Gasteiger partial charge >= 0.3 is 0 Å². The molecule has 0 atom stereocenters. The third kappa shape index (κ3) is 1.53. The molecule has 0 saturated heterocycles. The molecule has 7 heteroatoms. The van der Waals surface area contributed by atoms with Crippen molar-refractivity contribution in [2.75, 3.05) is 6.79 Å². The molecule has 0 saturated carbocycles. The molecule has 1 aliphatic heterocycles. The van der Waals surface area contributed by atoms with Crippen LogP contribution in [0.3, 0.4) is 0 Å². The lowest BCUT2D eigenvalue weighted by atomic mass is 10.2. The fourth-order valence-electron chi connectivity index (χ4n) is 1.67. The van der Waals surface area contributed by atoms with Crippen molar-refractivity contribution in [1.29, 1.82) is 0 Å². The van der Waals surface area contributed by atoms with Gasteiger partial charge < -0.3 is 9.47 Å². The summed E-state index contributed by atoms with van der Waals surface area (Å²) in [5, 5.41) is 1.14. The lowest BCUT2D eigenvalue weighted by Crippen LogP contribution is -2.29. The predicted octanol–water partition coefficient (Wildman–Crippen LogP) is 1.89. The van der Waals surface area contributed by atoms with Gasteiger partial charge in [0.05, 0.1) is 5.02 Å². The van der Waals surface area contributed by atoms with Crippen molar-refractivity contribution in [3.05, 3.63) is 22.0 Å². The van der Waals surface area contributed by atoms with Crippen molar-refractivity contribution < 1.29 is 14.3 Å². The number of benzene rings is 1. The van der Waals surface area contributed by atoms with Gasteiger partial charge in [0, 0.05) is 16.2 Å². The number of carbonyl (C=O) groups is 1. The monoisotopic (exact) mass is 270 g/mol. The Morgan fingerprint density at radius 2 is 2.12 bits per heavy atom. The highest BCUT2D eigenvalue weighted by Gasteiger charge is 2.21. The van der Waals surface area contributed by atoms with Crippen LogP contribution >= 0.6 is 22.9 Å². The summed E-state index contributed by atoms with van der Waals surface area (Å²) in [6, 6.07) is 3.57. The van der Waals surface area contributed by atoms with E-state index in [2.05, 4.69) is 5.43 Å². The fourth-order valence-corrected chi connectivity index (χ4v) is 3.09. The molecule has 1 aromatic carbocycles. The third-order valence-electron chi connectivity index (χ3n) is 2.46. The Labute approximate surface area is 105 Å². The van der Waals surface area contributed by atoms with Crippen molar-refractivity contribution in [2.24, 2.45) is 5.84 Å². The van der Waals surface area contributed by atoms with Crippen LogP contribution in [0.4, 0.5) is 0 Å². The molecule has 0 radical (unpaired) electrons. The molecule has 0 spiro atoms. The first kappa shape index (κ1) is 10.6. The molecule has 17 heavy (non-hydrogen) atoms. The Bertz CT molecular complexity index is 626. The first-order valence-corrected chi connectivity index (χ1v) is 5.92. The molecular formula is C10H7ClN2O3S. The Morgan fingerprint density at radius 3 is 2.82 bits per heavy atom. The minimum absolute atomic E-state index is 0.209. The average molecular weight is 271 g/mol. The van der Waals surface area contributed by atoms with E-state index in [0.29, 0.717) is 21.4 Å². The van der Waals surface area contributed by atoms with Crippen LogP contribution in [0, 0.1) is 0 Å². The Kier molecular flexibility index (Phi) is 2.36. The second-order valence-corrected chi connectivity index (χ2v) is 4.85. The summed E-state index contributed by atoms with van der Waals surface area (Å²) < 4.78 is 11.4. The zero-order chi connectivity index (χ0) is 12.0. The molecule has 1 amide bonds. The minimum Gasteiger partial charge on any atom is -0.454 e. The first-order valence-electron chi connectivity index (χ1n) is 4.73. The largest absolute Gasteiger partial charge is 0.454 e. The van der Waals surface area contributed by atoms with Crippen LogP contribution in [0.15, 0.2) is 12.1 Å². The number of rotatable bonds is 1. The lowest BCUT2D eigenvalue weighted by Gasteiger charge is -1.96. The van der Waals surface area contributed by atoms with Gasteiger partial charge in [0.25, 0.3) is 5.91 Å². The molecule has 1 aliphatic rings. The second kappa shape index (κ2) is 3.76. The van der Waals surface area contributed by atoms with Crippen molar-refractivity contribution >= 4 is 38.9 Å². The number of hydrazine groups is 1. The number of thiophene rings is 1. The summed E-state index contributed by atoms with van der Waals surface area (Å²) in [6.45, 7) is 0.209. The molecule has 3 rings (SSSR count). The Balaban J connectivity index is 2.24.